The number of hydrogen-bond acceptors (Lipinski definition) is 2. The number of rotatable bonds is 8. The van der Waals surface area contributed by atoms with Crippen molar-refractivity contribution in [3.63, 3.8) is 0 Å². The summed E-state index contributed by atoms with van der Waals surface area (Å²) in [5, 5.41) is 0. The lowest BCUT2D eigenvalue weighted by Crippen LogP contribution is -2.41. The first-order valence-corrected chi connectivity index (χ1v) is 8.61. The highest BCUT2D eigenvalue weighted by Gasteiger charge is 2.29. The van der Waals surface area contributed by atoms with Crippen molar-refractivity contribution in [2.24, 2.45) is 23.5 Å². The first-order valence-electron chi connectivity index (χ1n) is 8.61. The van der Waals surface area contributed by atoms with Crippen LogP contribution in [0.2, 0.25) is 0 Å². The summed E-state index contributed by atoms with van der Waals surface area (Å²) in [7, 11) is 0. The van der Waals surface area contributed by atoms with Crippen molar-refractivity contribution >= 4 is 5.91 Å². The smallest absolute Gasteiger partial charge is 0.225 e. The zero-order chi connectivity index (χ0) is 15.0. The standard InChI is InChI=1S/C17H34N2O/c1-4-6-7-15-8-10-16(11-9-15)17(20)19(5-2)13-14(3)12-18/h14-16H,4-13,18H2,1-3H3. The number of nitrogens with two attached hydrogens (primary N) is 1. The van der Waals surface area contributed by atoms with Crippen LogP contribution in [0.3, 0.4) is 0 Å². The lowest BCUT2D eigenvalue weighted by molar-refractivity contribution is -0.137. The summed E-state index contributed by atoms with van der Waals surface area (Å²) in [6.07, 6.45) is 8.69. The van der Waals surface area contributed by atoms with E-state index < -0.39 is 0 Å². The predicted octanol–water partition coefficient (Wildman–Crippen LogP) is 3.43. The van der Waals surface area contributed by atoms with Crippen molar-refractivity contribution in [3.8, 4) is 0 Å². The Balaban J connectivity index is 2.40. The van der Waals surface area contributed by atoms with Crippen molar-refractivity contribution in [3.05, 3.63) is 0 Å². The van der Waals surface area contributed by atoms with Crippen molar-refractivity contribution in [1.82, 2.24) is 4.90 Å². The van der Waals surface area contributed by atoms with Crippen LogP contribution in [0, 0.1) is 17.8 Å². The number of hydrogen-bond donors (Lipinski definition) is 1. The molecule has 0 radical (unpaired) electrons. The molecular weight excluding hydrogens is 248 g/mol. The molecule has 0 aliphatic heterocycles. The van der Waals surface area contributed by atoms with E-state index in [1.165, 1.54) is 32.1 Å². The van der Waals surface area contributed by atoms with E-state index in [0.717, 1.165) is 31.8 Å². The largest absolute Gasteiger partial charge is 0.342 e. The van der Waals surface area contributed by atoms with Gasteiger partial charge < -0.3 is 10.6 Å². The molecule has 0 spiro atoms. The molecule has 20 heavy (non-hydrogen) atoms. The average molecular weight is 282 g/mol. The minimum absolute atomic E-state index is 0.276. The summed E-state index contributed by atoms with van der Waals surface area (Å²) in [5.41, 5.74) is 5.68. The van der Waals surface area contributed by atoms with Gasteiger partial charge in [0.1, 0.15) is 0 Å². The van der Waals surface area contributed by atoms with Gasteiger partial charge in [-0.15, -0.1) is 0 Å². The minimum atomic E-state index is 0.276. The van der Waals surface area contributed by atoms with Crippen molar-refractivity contribution < 1.29 is 4.79 Å². The molecule has 1 amide bonds. The summed E-state index contributed by atoms with van der Waals surface area (Å²) in [4.78, 5) is 14.6. The third-order valence-electron chi connectivity index (χ3n) is 4.79. The van der Waals surface area contributed by atoms with Gasteiger partial charge >= 0.3 is 0 Å². The summed E-state index contributed by atoms with van der Waals surface area (Å²) >= 11 is 0. The Morgan fingerprint density at radius 2 is 1.90 bits per heavy atom. The maximum atomic E-state index is 12.6. The maximum Gasteiger partial charge on any atom is 0.225 e. The van der Waals surface area contributed by atoms with Crippen LogP contribution in [0.1, 0.15) is 65.7 Å². The second kappa shape index (κ2) is 9.38. The summed E-state index contributed by atoms with van der Waals surface area (Å²) < 4.78 is 0. The number of carbonyl (C=O) groups is 1. The molecule has 1 unspecified atom stereocenters. The zero-order valence-electron chi connectivity index (χ0n) is 13.7. The normalized spacial score (nSPS) is 24.4. The number of amides is 1. The highest BCUT2D eigenvalue weighted by molar-refractivity contribution is 5.78. The molecule has 0 aromatic carbocycles. The fourth-order valence-electron chi connectivity index (χ4n) is 3.27. The van der Waals surface area contributed by atoms with Gasteiger partial charge in [-0.05, 0) is 51.0 Å². The lowest BCUT2D eigenvalue weighted by Gasteiger charge is -2.32. The number of nitrogens with zero attached hydrogens (tertiary/aromatic N) is 1. The van der Waals surface area contributed by atoms with Gasteiger partial charge in [0.15, 0.2) is 0 Å². The second-order valence-corrected chi connectivity index (χ2v) is 6.58. The zero-order valence-corrected chi connectivity index (χ0v) is 13.7. The molecule has 0 bridgehead atoms. The van der Waals surface area contributed by atoms with Gasteiger partial charge in [-0.3, -0.25) is 4.79 Å². The minimum Gasteiger partial charge on any atom is -0.342 e. The van der Waals surface area contributed by atoms with Gasteiger partial charge in [0.05, 0.1) is 0 Å². The van der Waals surface area contributed by atoms with Crippen LogP contribution in [0.4, 0.5) is 0 Å². The quantitative estimate of drug-likeness (QED) is 0.741. The van der Waals surface area contributed by atoms with E-state index >= 15 is 0 Å². The molecule has 1 fully saturated rings. The molecule has 1 aliphatic carbocycles. The van der Waals surface area contributed by atoms with E-state index in [-0.39, 0.29) is 5.92 Å². The molecule has 0 heterocycles. The third-order valence-corrected chi connectivity index (χ3v) is 4.79. The summed E-state index contributed by atoms with van der Waals surface area (Å²) in [6, 6.07) is 0. The van der Waals surface area contributed by atoms with E-state index in [0.29, 0.717) is 18.4 Å². The molecule has 0 aromatic rings. The van der Waals surface area contributed by atoms with E-state index in [9.17, 15) is 4.79 Å². The van der Waals surface area contributed by atoms with Crippen LogP contribution >= 0.6 is 0 Å². The van der Waals surface area contributed by atoms with Gasteiger partial charge in [-0.25, -0.2) is 0 Å². The molecule has 2 N–H and O–H groups in total. The molecule has 1 atom stereocenters. The van der Waals surface area contributed by atoms with E-state index in [2.05, 4.69) is 20.8 Å². The monoisotopic (exact) mass is 282 g/mol. The number of carbonyl (C=O) groups excluding carboxylic acids is 1. The number of unbranched alkanes of at least 4 members (excludes halogenated alkanes) is 1. The van der Waals surface area contributed by atoms with Gasteiger partial charge in [-0.1, -0.05) is 33.1 Å². The van der Waals surface area contributed by atoms with Crippen LogP contribution in [0.25, 0.3) is 0 Å². The van der Waals surface area contributed by atoms with Crippen molar-refractivity contribution in [2.45, 2.75) is 65.7 Å². The molecule has 118 valence electrons. The predicted molar refractivity (Wildman–Crippen MR) is 85.4 cm³/mol. The highest BCUT2D eigenvalue weighted by atomic mass is 16.2. The molecule has 3 nitrogen and oxygen atoms in total. The van der Waals surface area contributed by atoms with E-state index in [1.54, 1.807) is 0 Å². The summed E-state index contributed by atoms with van der Waals surface area (Å²) in [6.45, 7) is 8.76. The topological polar surface area (TPSA) is 46.3 Å². The van der Waals surface area contributed by atoms with Crippen LogP contribution < -0.4 is 5.73 Å². The fraction of sp³-hybridized carbons (Fsp3) is 0.941. The van der Waals surface area contributed by atoms with E-state index in [1.807, 2.05) is 4.90 Å². The fourth-order valence-corrected chi connectivity index (χ4v) is 3.27. The van der Waals surface area contributed by atoms with Crippen LogP contribution in [0.5, 0.6) is 0 Å². The van der Waals surface area contributed by atoms with E-state index in [4.69, 9.17) is 5.73 Å². The molecule has 3 heteroatoms. The third kappa shape index (κ3) is 5.43. The average Bonchev–Trinajstić information content (AvgIpc) is 2.50. The Labute approximate surface area is 125 Å². The van der Waals surface area contributed by atoms with Crippen molar-refractivity contribution in [1.29, 1.82) is 0 Å². The van der Waals surface area contributed by atoms with Crippen LogP contribution in [0.15, 0.2) is 0 Å². The first kappa shape index (κ1) is 17.5. The Kier molecular flexibility index (Phi) is 8.20. The molecule has 1 aliphatic rings. The van der Waals surface area contributed by atoms with Gasteiger partial charge in [0.2, 0.25) is 5.91 Å². The van der Waals surface area contributed by atoms with Gasteiger partial charge in [0.25, 0.3) is 0 Å². The van der Waals surface area contributed by atoms with Gasteiger partial charge in [0, 0.05) is 19.0 Å². The Hall–Kier alpha value is -0.570. The van der Waals surface area contributed by atoms with Gasteiger partial charge in [-0.2, -0.15) is 0 Å². The Bertz CT molecular complexity index is 272. The summed E-state index contributed by atoms with van der Waals surface area (Å²) in [5.74, 6) is 1.93. The van der Waals surface area contributed by atoms with Crippen LogP contribution in [-0.4, -0.2) is 30.4 Å². The highest BCUT2D eigenvalue weighted by Crippen LogP contribution is 2.32. The SMILES string of the molecule is CCCCC1CCC(C(=O)N(CC)CC(C)CN)CC1. The Morgan fingerprint density at radius 3 is 2.40 bits per heavy atom. The molecule has 1 rings (SSSR count). The molecule has 1 saturated carbocycles. The Morgan fingerprint density at radius 1 is 1.25 bits per heavy atom. The first-order chi connectivity index (χ1) is 9.62. The molecular formula is C17H34N2O. The second-order valence-electron chi connectivity index (χ2n) is 6.58. The lowest BCUT2D eigenvalue weighted by atomic mass is 9.79. The van der Waals surface area contributed by atoms with Crippen LogP contribution in [-0.2, 0) is 4.79 Å². The van der Waals surface area contributed by atoms with Crippen molar-refractivity contribution in [2.75, 3.05) is 19.6 Å². The molecule has 0 saturated heterocycles. The maximum absolute atomic E-state index is 12.6. The molecule has 0 aromatic heterocycles.